The Morgan fingerprint density at radius 1 is 1.23 bits per heavy atom. The Bertz CT molecular complexity index is 851. The highest BCUT2D eigenvalue weighted by Crippen LogP contribution is 2.32. The molecule has 0 bridgehead atoms. The molecule has 1 atom stereocenters. The predicted octanol–water partition coefficient (Wildman–Crippen LogP) is 2.77. The number of nitrogens with two attached hydrogens (primary N) is 1. The maximum Gasteiger partial charge on any atom is 0.238 e. The fraction of sp³-hybridized carbons (Fsp3) is 0.133. The summed E-state index contributed by atoms with van der Waals surface area (Å²) in [7, 11) is -3.70. The number of benzene rings is 1. The van der Waals surface area contributed by atoms with Gasteiger partial charge >= 0.3 is 0 Å². The quantitative estimate of drug-likeness (QED) is 0.936. The van der Waals surface area contributed by atoms with E-state index in [2.05, 4.69) is 17.3 Å². The number of rotatable bonds is 3. The zero-order chi connectivity index (χ0) is 15.7. The van der Waals surface area contributed by atoms with Crippen LogP contribution in [0.15, 0.2) is 59.7 Å². The van der Waals surface area contributed by atoms with E-state index >= 15 is 0 Å². The molecule has 3 rings (SSSR count). The molecular weight excluding hydrogens is 322 g/mol. The molecule has 1 aromatic carbocycles. The highest BCUT2D eigenvalue weighted by Gasteiger charge is 2.19. The van der Waals surface area contributed by atoms with Gasteiger partial charge in [0.15, 0.2) is 0 Å². The number of primary sulfonamides is 1. The molecule has 1 unspecified atom stereocenters. The maximum absolute atomic E-state index is 11.3. The van der Waals surface area contributed by atoms with Crippen LogP contribution in [0.25, 0.3) is 5.69 Å². The molecule has 2 aromatic rings. The summed E-state index contributed by atoms with van der Waals surface area (Å²) in [6, 6.07) is 6.24. The molecule has 0 aliphatic heterocycles. The molecule has 2 N–H and O–H groups in total. The van der Waals surface area contributed by atoms with Crippen LogP contribution >= 0.6 is 11.6 Å². The second kappa shape index (κ2) is 5.72. The van der Waals surface area contributed by atoms with Crippen LogP contribution < -0.4 is 5.14 Å². The van der Waals surface area contributed by atoms with Gasteiger partial charge < -0.3 is 0 Å². The largest absolute Gasteiger partial charge is 0.238 e. The average Bonchev–Trinajstić information content (AvgIpc) is 2.89. The topological polar surface area (TPSA) is 78.0 Å². The number of allylic oxidation sites excluding steroid dienone is 4. The molecule has 0 fully saturated rings. The van der Waals surface area contributed by atoms with Gasteiger partial charge in [0.05, 0.1) is 27.5 Å². The summed E-state index contributed by atoms with van der Waals surface area (Å²) in [6.45, 7) is 0. The van der Waals surface area contributed by atoms with Crippen molar-refractivity contribution in [3.05, 3.63) is 65.5 Å². The zero-order valence-electron chi connectivity index (χ0n) is 11.6. The van der Waals surface area contributed by atoms with Crippen molar-refractivity contribution in [3.8, 4) is 5.69 Å². The highest BCUT2D eigenvalue weighted by molar-refractivity contribution is 7.89. The van der Waals surface area contributed by atoms with E-state index in [1.165, 1.54) is 12.1 Å². The first-order chi connectivity index (χ1) is 10.5. The molecule has 5 nitrogen and oxygen atoms in total. The van der Waals surface area contributed by atoms with E-state index in [0.717, 1.165) is 17.8 Å². The van der Waals surface area contributed by atoms with Crippen LogP contribution in [0.5, 0.6) is 0 Å². The second-order valence-electron chi connectivity index (χ2n) is 4.98. The number of halogens is 1. The van der Waals surface area contributed by atoms with Crippen LogP contribution in [0.4, 0.5) is 0 Å². The van der Waals surface area contributed by atoms with Gasteiger partial charge in [-0.1, -0.05) is 35.9 Å². The van der Waals surface area contributed by atoms with Crippen molar-refractivity contribution in [2.24, 2.45) is 5.14 Å². The van der Waals surface area contributed by atoms with E-state index in [9.17, 15) is 8.42 Å². The Hall–Kier alpha value is -1.89. The van der Waals surface area contributed by atoms with Crippen molar-refractivity contribution in [2.75, 3.05) is 0 Å². The number of sulfonamides is 1. The molecule has 1 aliphatic rings. The van der Waals surface area contributed by atoms with Gasteiger partial charge in [-0.2, -0.15) is 5.10 Å². The lowest BCUT2D eigenvalue weighted by Crippen LogP contribution is -2.12. The van der Waals surface area contributed by atoms with E-state index in [0.29, 0.717) is 5.02 Å². The third-order valence-electron chi connectivity index (χ3n) is 3.50. The van der Waals surface area contributed by atoms with Crippen LogP contribution in [0.3, 0.4) is 0 Å². The van der Waals surface area contributed by atoms with Crippen molar-refractivity contribution in [1.29, 1.82) is 0 Å². The summed E-state index contributed by atoms with van der Waals surface area (Å²) in [5, 5.41) is 9.99. The van der Waals surface area contributed by atoms with Gasteiger partial charge in [-0.3, -0.25) is 0 Å². The molecule has 7 heteroatoms. The minimum atomic E-state index is -3.70. The van der Waals surface area contributed by atoms with Gasteiger partial charge in [-0.25, -0.2) is 18.2 Å². The molecule has 0 amide bonds. The Balaban J connectivity index is 2.02. The fourth-order valence-corrected chi connectivity index (χ4v) is 3.22. The SMILES string of the molecule is NS(=O)(=O)c1ccc(-n2ncc(Cl)c2C2C=CC=CC2)cc1. The minimum Gasteiger partial charge on any atom is -0.236 e. The summed E-state index contributed by atoms with van der Waals surface area (Å²) < 4.78 is 24.4. The van der Waals surface area contributed by atoms with Gasteiger partial charge in [0.25, 0.3) is 0 Å². The van der Waals surface area contributed by atoms with Crippen LogP contribution in [0, 0.1) is 0 Å². The summed E-state index contributed by atoms with van der Waals surface area (Å²) >= 11 is 6.27. The number of hydrogen-bond donors (Lipinski definition) is 1. The molecule has 0 spiro atoms. The third kappa shape index (κ3) is 2.85. The fourth-order valence-electron chi connectivity index (χ4n) is 2.44. The average molecular weight is 336 g/mol. The van der Waals surface area contributed by atoms with Crippen molar-refractivity contribution in [2.45, 2.75) is 17.2 Å². The Morgan fingerprint density at radius 2 is 1.95 bits per heavy atom. The number of hydrogen-bond acceptors (Lipinski definition) is 3. The van der Waals surface area contributed by atoms with Crippen molar-refractivity contribution >= 4 is 21.6 Å². The smallest absolute Gasteiger partial charge is 0.236 e. The molecular formula is C15H14ClN3O2S. The van der Waals surface area contributed by atoms with Crippen molar-refractivity contribution in [1.82, 2.24) is 9.78 Å². The van der Waals surface area contributed by atoms with Crippen molar-refractivity contribution < 1.29 is 8.42 Å². The van der Waals surface area contributed by atoms with Gasteiger partial charge in [0.1, 0.15) is 0 Å². The number of nitrogens with zero attached hydrogens (tertiary/aromatic N) is 2. The normalized spacial score (nSPS) is 17.8. The van der Waals surface area contributed by atoms with Gasteiger partial charge in [-0.15, -0.1) is 0 Å². The molecule has 0 radical (unpaired) electrons. The lowest BCUT2D eigenvalue weighted by Gasteiger charge is -2.16. The molecule has 1 aromatic heterocycles. The van der Waals surface area contributed by atoms with Gasteiger partial charge in [0.2, 0.25) is 10.0 Å². The minimum absolute atomic E-state index is 0.0662. The first kappa shape index (κ1) is 15.0. The standard InChI is InChI=1S/C15H14ClN3O2S/c16-14-10-18-19(15(14)11-4-2-1-3-5-11)12-6-8-13(9-7-12)22(17,20)21/h1-4,6-11H,5H2,(H2,17,20,21). The van der Waals surface area contributed by atoms with E-state index in [1.807, 2.05) is 12.2 Å². The van der Waals surface area contributed by atoms with E-state index in [-0.39, 0.29) is 10.8 Å². The van der Waals surface area contributed by atoms with Gasteiger partial charge in [-0.05, 0) is 30.7 Å². The Labute approximate surface area is 133 Å². The summed E-state index contributed by atoms with van der Waals surface area (Å²) in [6.07, 6.45) is 10.5. The van der Waals surface area contributed by atoms with Crippen LogP contribution in [0.2, 0.25) is 5.02 Å². The van der Waals surface area contributed by atoms with E-state index in [4.69, 9.17) is 16.7 Å². The van der Waals surface area contributed by atoms with Crippen LogP contribution in [-0.2, 0) is 10.0 Å². The molecule has 22 heavy (non-hydrogen) atoms. The molecule has 114 valence electrons. The number of aromatic nitrogens is 2. The molecule has 1 aliphatic carbocycles. The van der Waals surface area contributed by atoms with Gasteiger partial charge in [0, 0.05) is 5.92 Å². The predicted molar refractivity (Wildman–Crippen MR) is 85.6 cm³/mol. The Morgan fingerprint density at radius 3 is 2.55 bits per heavy atom. The monoisotopic (exact) mass is 335 g/mol. The maximum atomic E-state index is 11.3. The third-order valence-corrected chi connectivity index (χ3v) is 4.72. The van der Waals surface area contributed by atoms with Crippen molar-refractivity contribution in [3.63, 3.8) is 0 Å². The van der Waals surface area contributed by atoms with E-state index < -0.39 is 10.0 Å². The lowest BCUT2D eigenvalue weighted by atomic mass is 9.97. The van der Waals surface area contributed by atoms with E-state index in [1.54, 1.807) is 23.0 Å². The summed E-state index contributed by atoms with van der Waals surface area (Å²) in [4.78, 5) is 0.0662. The summed E-state index contributed by atoms with van der Waals surface area (Å²) in [5.41, 5.74) is 1.61. The van der Waals surface area contributed by atoms with Crippen LogP contribution in [0.1, 0.15) is 18.0 Å². The first-order valence-electron chi connectivity index (χ1n) is 6.67. The second-order valence-corrected chi connectivity index (χ2v) is 6.95. The highest BCUT2D eigenvalue weighted by atomic mass is 35.5. The molecule has 0 saturated carbocycles. The molecule has 1 heterocycles. The first-order valence-corrected chi connectivity index (χ1v) is 8.59. The zero-order valence-corrected chi connectivity index (χ0v) is 13.1. The molecule has 0 saturated heterocycles. The van der Waals surface area contributed by atoms with Crippen LogP contribution in [-0.4, -0.2) is 18.2 Å². The summed E-state index contributed by atoms with van der Waals surface area (Å²) in [5.74, 6) is 0.137. The lowest BCUT2D eigenvalue weighted by molar-refractivity contribution is 0.597. The Kier molecular flexibility index (Phi) is 3.90.